The summed E-state index contributed by atoms with van der Waals surface area (Å²) in [5.74, 6) is -0.356. The SMILES string of the molecule is O=C(Nc1nc2ccc(S(=O)(=O)N3CCCCC3)cc2s1)c1ccc2ccccc2n1. The Bertz CT molecular complexity index is 1390. The van der Waals surface area contributed by atoms with Crippen LogP contribution in [0.2, 0.25) is 0 Å². The van der Waals surface area contributed by atoms with E-state index < -0.39 is 10.0 Å². The minimum atomic E-state index is -3.52. The highest BCUT2D eigenvalue weighted by Crippen LogP contribution is 2.30. The van der Waals surface area contributed by atoms with Crippen LogP contribution in [0.1, 0.15) is 29.8 Å². The normalized spacial score (nSPS) is 15.4. The van der Waals surface area contributed by atoms with Gasteiger partial charge in [-0.05, 0) is 43.2 Å². The van der Waals surface area contributed by atoms with Crippen molar-refractivity contribution in [3.8, 4) is 0 Å². The van der Waals surface area contributed by atoms with Crippen LogP contribution >= 0.6 is 11.3 Å². The Kier molecular flexibility index (Phi) is 5.17. The molecule has 1 aliphatic rings. The van der Waals surface area contributed by atoms with E-state index in [0.717, 1.165) is 30.2 Å². The molecule has 7 nitrogen and oxygen atoms in total. The molecule has 1 saturated heterocycles. The van der Waals surface area contributed by atoms with E-state index >= 15 is 0 Å². The molecule has 0 aliphatic carbocycles. The standard InChI is InChI=1S/C22H20N4O3S2/c27-21(19-10-8-15-6-2-3-7-17(15)23-19)25-22-24-18-11-9-16(14-20(18)30-22)31(28,29)26-12-4-1-5-13-26/h2-3,6-11,14H,1,4-5,12-13H2,(H,24,25,27). The summed E-state index contributed by atoms with van der Waals surface area (Å²) in [6, 6.07) is 16.0. The number of pyridine rings is 1. The monoisotopic (exact) mass is 452 g/mol. The molecule has 1 aliphatic heterocycles. The molecule has 2 aromatic carbocycles. The number of rotatable bonds is 4. The predicted molar refractivity (Wildman–Crippen MR) is 122 cm³/mol. The number of nitrogens with zero attached hydrogens (tertiary/aromatic N) is 3. The molecule has 1 amide bonds. The van der Waals surface area contributed by atoms with Gasteiger partial charge in [0, 0.05) is 18.5 Å². The van der Waals surface area contributed by atoms with Gasteiger partial charge in [0.15, 0.2) is 5.13 Å². The summed E-state index contributed by atoms with van der Waals surface area (Å²) in [6.07, 6.45) is 2.84. The summed E-state index contributed by atoms with van der Waals surface area (Å²) in [5, 5.41) is 4.14. The number of amides is 1. The van der Waals surface area contributed by atoms with E-state index in [4.69, 9.17) is 0 Å². The van der Waals surface area contributed by atoms with Crippen LogP contribution in [-0.2, 0) is 10.0 Å². The predicted octanol–water partition coefficient (Wildman–Crippen LogP) is 4.27. The van der Waals surface area contributed by atoms with E-state index in [9.17, 15) is 13.2 Å². The Balaban J connectivity index is 1.40. The number of fused-ring (bicyclic) bond motifs is 2. The Morgan fingerprint density at radius 2 is 1.74 bits per heavy atom. The molecule has 0 unspecified atom stereocenters. The average Bonchev–Trinajstić information content (AvgIpc) is 3.20. The smallest absolute Gasteiger partial charge is 0.276 e. The van der Waals surface area contributed by atoms with Crippen molar-refractivity contribution in [3.63, 3.8) is 0 Å². The number of nitrogens with one attached hydrogen (secondary N) is 1. The highest BCUT2D eigenvalue weighted by Gasteiger charge is 2.26. The molecule has 3 heterocycles. The first-order chi connectivity index (χ1) is 15.0. The molecule has 0 atom stereocenters. The van der Waals surface area contributed by atoms with Gasteiger partial charge in [-0.2, -0.15) is 4.31 Å². The van der Waals surface area contributed by atoms with Crippen LogP contribution in [0.3, 0.4) is 0 Å². The molecule has 158 valence electrons. The molecule has 2 aromatic heterocycles. The lowest BCUT2D eigenvalue weighted by atomic mass is 10.2. The second-order valence-electron chi connectivity index (χ2n) is 7.46. The summed E-state index contributed by atoms with van der Waals surface area (Å²) in [6.45, 7) is 1.12. The molecule has 4 aromatic rings. The summed E-state index contributed by atoms with van der Waals surface area (Å²) >= 11 is 1.25. The van der Waals surface area contributed by atoms with Gasteiger partial charge in [0.1, 0.15) is 5.69 Å². The lowest BCUT2D eigenvalue weighted by molar-refractivity contribution is 0.102. The van der Waals surface area contributed by atoms with Crippen LogP contribution in [0, 0.1) is 0 Å². The average molecular weight is 453 g/mol. The maximum Gasteiger partial charge on any atom is 0.276 e. The van der Waals surface area contributed by atoms with Crippen molar-refractivity contribution < 1.29 is 13.2 Å². The minimum Gasteiger partial charge on any atom is -0.296 e. The molecule has 1 N–H and O–H groups in total. The van der Waals surface area contributed by atoms with Crippen molar-refractivity contribution in [2.24, 2.45) is 0 Å². The van der Waals surface area contributed by atoms with Crippen LogP contribution in [-0.4, -0.2) is 41.7 Å². The lowest BCUT2D eigenvalue weighted by Gasteiger charge is -2.25. The van der Waals surface area contributed by atoms with Crippen molar-refractivity contribution >= 4 is 53.5 Å². The third kappa shape index (κ3) is 3.91. The fraction of sp³-hybridized carbons (Fsp3) is 0.227. The van der Waals surface area contributed by atoms with Crippen molar-refractivity contribution in [2.45, 2.75) is 24.2 Å². The Morgan fingerprint density at radius 3 is 2.58 bits per heavy atom. The minimum absolute atomic E-state index is 0.264. The number of carbonyl (C=O) groups is 1. The number of carbonyl (C=O) groups excluding carboxylic acids is 1. The van der Waals surface area contributed by atoms with Crippen LogP contribution < -0.4 is 5.32 Å². The number of hydrogen-bond acceptors (Lipinski definition) is 6. The van der Waals surface area contributed by atoms with E-state index in [0.29, 0.717) is 34.1 Å². The van der Waals surface area contributed by atoms with E-state index in [1.807, 2.05) is 30.3 Å². The van der Waals surface area contributed by atoms with Crippen molar-refractivity contribution in [2.75, 3.05) is 18.4 Å². The van der Waals surface area contributed by atoms with Gasteiger partial charge >= 0.3 is 0 Å². The first-order valence-electron chi connectivity index (χ1n) is 10.1. The van der Waals surface area contributed by atoms with Crippen molar-refractivity contribution in [3.05, 3.63) is 60.3 Å². The quantitative estimate of drug-likeness (QED) is 0.499. The zero-order chi connectivity index (χ0) is 21.4. The summed E-state index contributed by atoms with van der Waals surface area (Å²) < 4.78 is 28.1. The zero-order valence-electron chi connectivity index (χ0n) is 16.6. The van der Waals surface area contributed by atoms with E-state index in [-0.39, 0.29) is 10.8 Å². The Labute approximate surface area is 183 Å². The van der Waals surface area contributed by atoms with Crippen LogP contribution in [0.5, 0.6) is 0 Å². The number of anilines is 1. The fourth-order valence-corrected chi connectivity index (χ4v) is 6.25. The molecule has 1 fully saturated rings. The summed E-state index contributed by atoms with van der Waals surface area (Å²) in [4.78, 5) is 21.8. The van der Waals surface area contributed by atoms with Crippen molar-refractivity contribution in [1.82, 2.24) is 14.3 Å². The maximum absolute atomic E-state index is 12.9. The fourth-order valence-electron chi connectivity index (χ4n) is 3.73. The van der Waals surface area contributed by atoms with Gasteiger partial charge < -0.3 is 0 Å². The molecule has 31 heavy (non-hydrogen) atoms. The molecular weight excluding hydrogens is 432 g/mol. The van der Waals surface area contributed by atoms with Gasteiger partial charge in [0.25, 0.3) is 5.91 Å². The van der Waals surface area contributed by atoms with Crippen LogP contribution in [0.15, 0.2) is 59.5 Å². The number of para-hydroxylation sites is 1. The van der Waals surface area contributed by atoms with Crippen molar-refractivity contribution in [1.29, 1.82) is 0 Å². The summed E-state index contributed by atoms with van der Waals surface area (Å²) in [5.41, 5.74) is 1.68. The van der Waals surface area contributed by atoms with E-state index in [1.54, 1.807) is 28.6 Å². The first kappa shape index (κ1) is 20.0. The molecule has 5 rings (SSSR count). The Morgan fingerprint density at radius 1 is 0.935 bits per heavy atom. The largest absolute Gasteiger partial charge is 0.296 e. The highest BCUT2D eigenvalue weighted by atomic mass is 32.2. The molecule has 9 heteroatoms. The third-order valence-corrected chi connectivity index (χ3v) is 8.19. The van der Waals surface area contributed by atoms with Gasteiger partial charge in [-0.25, -0.2) is 18.4 Å². The number of thiazole rings is 1. The molecule has 0 saturated carbocycles. The van der Waals surface area contributed by atoms with E-state index in [2.05, 4.69) is 15.3 Å². The molecule has 0 spiro atoms. The third-order valence-electron chi connectivity index (χ3n) is 5.36. The van der Waals surface area contributed by atoms with E-state index in [1.165, 1.54) is 11.3 Å². The van der Waals surface area contributed by atoms with Gasteiger partial charge in [-0.15, -0.1) is 0 Å². The number of hydrogen-bond donors (Lipinski definition) is 1. The van der Waals surface area contributed by atoms with Gasteiger partial charge in [-0.1, -0.05) is 42.0 Å². The topological polar surface area (TPSA) is 92.3 Å². The molecular formula is C22H20N4O3S2. The number of benzene rings is 2. The highest BCUT2D eigenvalue weighted by molar-refractivity contribution is 7.89. The number of aromatic nitrogens is 2. The molecule has 0 radical (unpaired) electrons. The number of piperidine rings is 1. The van der Waals surface area contributed by atoms with Crippen LogP contribution in [0.25, 0.3) is 21.1 Å². The van der Waals surface area contributed by atoms with Gasteiger partial charge in [-0.3, -0.25) is 10.1 Å². The zero-order valence-corrected chi connectivity index (χ0v) is 18.2. The Hall–Kier alpha value is -2.88. The number of sulfonamides is 1. The lowest BCUT2D eigenvalue weighted by Crippen LogP contribution is -2.35. The second-order valence-corrected chi connectivity index (χ2v) is 10.4. The first-order valence-corrected chi connectivity index (χ1v) is 12.3. The maximum atomic E-state index is 12.9. The second kappa shape index (κ2) is 7.99. The summed E-state index contributed by atoms with van der Waals surface area (Å²) in [7, 11) is -3.52. The van der Waals surface area contributed by atoms with Gasteiger partial charge in [0.2, 0.25) is 10.0 Å². The van der Waals surface area contributed by atoms with Gasteiger partial charge in [0.05, 0.1) is 20.6 Å². The van der Waals surface area contributed by atoms with Crippen LogP contribution in [0.4, 0.5) is 5.13 Å². The molecule has 0 bridgehead atoms.